The van der Waals surface area contributed by atoms with Crippen molar-refractivity contribution in [2.75, 3.05) is 23.9 Å². The Bertz CT molecular complexity index is 1680. The van der Waals surface area contributed by atoms with Crippen LogP contribution in [0.25, 0.3) is 11.1 Å². The van der Waals surface area contributed by atoms with Gasteiger partial charge in [0, 0.05) is 44.0 Å². The highest BCUT2D eigenvalue weighted by Gasteiger charge is 2.34. The minimum Gasteiger partial charge on any atom is -0.360 e. The van der Waals surface area contributed by atoms with Gasteiger partial charge < -0.3 is 15.4 Å². The summed E-state index contributed by atoms with van der Waals surface area (Å²) < 4.78 is 47.8. The highest BCUT2D eigenvalue weighted by atomic mass is 32.2. The fraction of sp³-hybridized carbons (Fsp3) is 0.594. The summed E-state index contributed by atoms with van der Waals surface area (Å²) >= 11 is 0. The van der Waals surface area contributed by atoms with Gasteiger partial charge in [0.1, 0.15) is 34.1 Å². The molecule has 3 aromatic heterocycles. The van der Waals surface area contributed by atoms with Crippen molar-refractivity contribution in [3.63, 3.8) is 0 Å². The number of hydrogen-bond donors (Lipinski definition) is 2. The first-order chi connectivity index (χ1) is 22.0. The second kappa shape index (κ2) is 15.2. The molecule has 1 fully saturated rings. The first-order valence-electron chi connectivity index (χ1n) is 16.1. The number of carbonyl (C=O) groups is 2. The first-order valence-corrected chi connectivity index (χ1v) is 21.9. The number of rotatable bonds is 14. The molecule has 1 aliphatic rings. The van der Waals surface area contributed by atoms with E-state index in [1.165, 1.54) is 16.9 Å². The summed E-state index contributed by atoms with van der Waals surface area (Å²) in [5.74, 6) is -1.59. The average Bonchev–Trinajstić information content (AvgIpc) is 3.56. The molecule has 1 saturated carbocycles. The molecule has 0 spiro atoms. The molecule has 4 rings (SSSR count). The van der Waals surface area contributed by atoms with Gasteiger partial charge in [-0.2, -0.15) is 14.6 Å². The van der Waals surface area contributed by atoms with Crippen LogP contribution < -0.4 is 10.6 Å². The molecular formula is C32H48FN7O5SSi. The van der Waals surface area contributed by atoms with Crippen LogP contribution in [0.5, 0.6) is 0 Å². The van der Waals surface area contributed by atoms with Crippen LogP contribution in [0.15, 0.2) is 24.4 Å². The van der Waals surface area contributed by atoms with Crippen molar-refractivity contribution in [3.05, 3.63) is 47.4 Å². The number of aryl methyl sites for hydroxylation is 2. The van der Waals surface area contributed by atoms with Gasteiger partial charge in [-0.1, -0.05) is 39.4 Å². The van der Waals surface area contributed by atoms with Gasteiger partial charge in [0.2, 0.25) is 11.9 Å². The zero-order chi connectivity index (χ0) is 34.5. The van der Waals surface area contributed by atoms with E-state index in [0.29, 0.717) is 23.8 Å². The normalized spacial score (nSPS) is 17.8. The summed E-state index contributed by atoms with van der Waals surface area (Å²) in [5, 5.41) is 14.2. The van der Waals surface area contributed by atoms with Crippen LogP contribution in [0.1, 0.15) is 54.5 Å². The maximum atomic E-state index is 15.5. The van der Waals surface area contributed by atoms with Crippen LogP contribution in [0.4, 0.5) is 10.2 Å². The number of carbonyl (C=O) groups excluding carboxylic acids is 2. The van der Waals surface area contributed by atoms with Crippen LogP contribution in [0.3, 0.4) is 0 Å². The van der Waals surface area contributed by atoms with Gasteiger partial charge >= 0.3 is 0 Å². The van der Waals surface area contributed by atoms with Gasteiger partial charge in [-0.25, -0.2) is 18.1 Å². The molecule has 0 aromatic carbocycles. The molecule has 0 radical (unpaired) electrons. The SMILES string of the molecule is Cc1nn(COCC[Si](C)(C)C)c(C)c1-c1ccc(NC(=O)[C@@H](NC(=O)c2ccnn2CCS(C)(=O)=O)C2CCC(C)CC2)nc1F. The first kappa shape index (κ1) is 36.4. The summed E-state index contributed by atoms with van der Waals surface area (Å²) in [4.78, 5) is 31.1. The molecule has 0 aliphatic heterocycles. The van der Waals surface area contributed by atoms with Crippen LogP contribution in [0, 0.1) is 31.6 Å². The predicted molar refractivity (Wildman–Crippen MR) is 182 cm³/mol. The van der Waals surface area contributed by atoms with Gasteiger partial charge in [-0.15, -0.1) is 0 Å². The van der Waals surface area contributed by atoms with Crippen LogP contribution >= 0.6 is 0 Å². The zero-order valence-corrected chi connectivity index (χ0v) is 30.3. The number of hydrogen-bond acceptors (Lipinski definition) is 8. The molecule has 15 heteroatoms. The lowest BCUT2D eigenvalue weighted by molar-refractivity contribution is -0.119. The third kappa shape index (κ3) is 10.0. The molecule has 12 nitrogen and oxygen atoms in total. The molecule has 2 amide bonds. The maximum absolute atomic E-state index is 15.5. The van der Waals surface area contributed by atoms with Crippen LogP contribution in [0.2, 0.25) is 25.7 Å². The minimum absolute atomic E-state index is 0.00537. The summed E-state index contributed by atoms with van der Waals surface area (Å²) in [7, 11) is -4.51. The fourth-order valence-corrected chi connectivity index (χ4v) is 7.09. The Morgan fingerprint density at radius 2 is 1.81 bits per heavy atom. The van der Waals surface area contributed by atoms with E-state index in [1.54, 1.807) is 16.8 Å². The van der Waals surface area contributed by atoms with E-state index in [9.17, 15) is 18.0 Å². The maximum Gasteiger partial charge on any atom is 0.270 e. The van der Waals surface area contributed by atoms with Crippen molar-refractivity contribution < 1.29 is 27.1 Å². The molecule has 1 aliphatic carbocycles. The molecule has 2 N–H and O–H groups in total. The second-order valence-corrected chi connectivity index (χ2v) is 21.8. The number of pyridine rings is 1. The number of amides is 2. The largest absolute Gasteiger partial charge is 0.360 e. The minimum atomic E-state index is -3.28. The number of anilines is 1. The molecule has 3 heterocycles. The molecule has 0 saturated heterocycles. The summed E-state index contributed by atoms with van der Waals surface area (Å²) in [6, 6.07) is 4.71. The van der Waals surface area contributed by atoms with E-state index >= 15 is 4.39 Å². The summed E-state index contributed by atoms with van der Waals surface area (Å²) in [6.45, 7) is 13.6. The van der Waals surface area contributed by atoms with Gasteiger partial charge in [0.05, 0.1) is 18.0 Å². The van der Waals surface area contributed by atoms with E-state index in [0.717, 1.165) is 43.7 Å². The lowest BCUT2D eigenvalue weighted by Gasteiger charge is -2.32. The Hall–Kier alpha value is -3.43. The van der Waals surface area contributed by atoms with E-state index in [2.05, 4.69) is 52.4 Å². The van der Waals surface area contributed by atoms with Gasteiger partial charge in [-0.3, -0.25) is 14.3 Å². The highest BCUT2D eigenvalue weighted by molar-refractivity contribution is 7.90. The number of nitrogens with one attached hydrogen (secondary N) is 2. The average molecular weight is 690 g/mol. The molecule has 1 atom stereocenters. The van der Waals surface area contributed by atoms with E-state index in [1.807, 2.05) is 13.8 Å². The summed E-state index contributed by atoms with van der Waals surface area (Å²) in [6.07, 6.45) is 5.82. The van der Waals surface area contributed by atoms with Crippen molar-refractivity contribution in [1.29, 1.82) is 0 Å². The monoisotopic (exact) mass is 689 g/mol. The Morgan fingerprint density at radius 3 is 2.45 bits per heavy atom. The standard InChI is InChI=1S/C32H48FN7O5SSi/c1-21-8-10-24(11-9-21)29(37-31(41)26-14-15-34-39(26)16-18-46(4,43)44)32(42)36-27-13-12-25(30(33)35-27)28-22(2)38-40(23(28)3)20-45-17-19-47(5,6)7/h12-15,21,24,29H,8-11,16-20H2,1-7H3,(H,37,41)(H,35,36,42)/t21?,24?,29-/m0/s1. The molecule has 0 unspecified atom stereocenters. The van der Waals surface area contributed by atoms with E-state index in [-0.39, 0.29) is 42.0 Å². The zero-order valence-electron chi connectivity index (χ0n) is 28.5. The Morgan fingerprint density at radius 1 is 1.11 bits per heavy atom. The van der Waals surface area contributed by atoms with Crippen molar-refractivity contribution in [2.45, 2.75) is 91.5 Å². The lowest BCUT2D eigenvalue weighted by atomic mass is 9.79. The molecule has 3 aromatic rings. The smallest absolute Gasteiger partial charge is 0.270 e. The quantitative estimate of drug-likeness (QED) is 0.139. The van der Waals surface area contributed by atoms with Crippen molar-refractivity contribution in [2.24, 2.45) is 11.8 Å². The van der Waals surface area contributed by atoms with Gasteiger partial charge in [0.15, 0.2) is 0 Å². The third-order valence-corrected chi connectivity index (χ3v) is 11.3. The number of ether oxygens (including phenoxy) is 1. The molecular weight excluding hydrogens is 642 g/mol. The van der Waals surface area contributed by atoms with Crippen molar-refractivity contribution in [3.8, 4) is 11.1 Å². The topological polar surface area (TPSA) is 150 Å². The number of nitrogens with zero attached hydrogens (tertiary/aromatic N) is 5. The summed E-state index contributed by atoms with van der Waals surface area (Å²) in [5.41, 5.74) is 2.42. The number of sulfone groups is 1. The van der Waals surface area contributed by atoms with E-state index in [4.69, 9.17) is 4.74 Å². The van der Waals surface area contributed by atoms with Gasteiger partial charge in [-0.05, 0) is 62.8 Å². The molecule has 47 heavy (non-hydrogen) atoms. The van der Waals surface area contributed by atoms with Crippen LogP contribution in [-0.2, 0) is 32.6 Å². The fourth-order valence-electron chi connectivity index (χ4n) is 5.82. The third-order valence-electron chi connectivity index (χ3n) is 8.68. The van der Waals surface area contributed by atoms with Crippen molar-refractivity contribution >= 4 is 35.5 Å². The highest BCUT2D eigenvalue weighted by Crippen LogP contribution is 2.32. The Kier molecular flexibility index (Phi) is 11.8. The lowest BCUT2D eigenvalue weighted by Crippen LogP contribution is -2.49. The second-order valence-electron chi connectivity index (χ2n) is 14.0. The predicted octanol–water partition coefficient (Wildman–Crippen LogP) is 4.82. The van der Waals surface area contributed by atoms with Crippen molar-refractivity contribution in [1.82, 2.24) is 29.9 Å². The number of halogens is 1. The Labute approximate surface area is 277 Å². The van der Waals surface area contributed by atoms with Crippen LogP contribution in [-0.4, -0.2) is 77.5 Å². The Balaban J connectivity index is 1.50. The van der Waals surface area contributed by atoms with Gasteiger partial charge in [0.25, 0.3) is 5.91 Å². The van der Waals surface area contributed by atoms with E-state index < -0.39 is 41.7 Å². The number of aromatic nitrogens is 5. The molecule has 258 valence electrons. The molecule has 0 bridgehead atoms.